The first-order valence-corrected chi connectivity index (χ1v) is 10.4. The monoisotopic (exact) mass is 382 g/mol. The zero-order chi connectivity index (χ0) is 19.7. The van der Waals surface area contributed by atoms with Gasteiger partial charge < -0.3 is 14.4 Å². The van der Waals surface area contributed by atoms with Crippen LogP contribution in [-0.2, 0) is 11.8 Å². The number of carbonyl (C=O) groups excluding carboxylic acids is 2. The van der Waals surface area contributed by atoms with E-state index in [0.717, 1.165) is 49.1 Å². The lowest BCUT2D eigenvalue weighted by molar-refractivity contribution is -0.136. The molecule has 0 radical (unpaired) electrons. The Balaban J connectivity index is 1.35. The van der Waals surface area contributed by atoms with Crippen LogP contribution in [-0.4, -0.2) is 76.4 Å². The van der Waals surface area contributed by atoms with Crippen molar-refractivity contribution in [3.8, 4) is 0 Å². The van der Waals surface area contributed by atoms with Crippen molar-refractivity contribution in [3.63, 3.8) is 0 Å². The molecule has 0 N–H and O–H groups in total. The number of para-hydroxylation sites is 1. The Hall–Kier alpha value is -2.34. The number of hydrogen-bond acceptors (Lipinski definition) is 3. The maximum Gasteiger partial charge on any atom is 0.270 e. The van der Waals surface area contributed by atoms with Gasteiger partial charge in [0.2, 0.25) is 5.91 Å². The maximum atomic E-state index is 13.0. The summed E-state index contributed by atoms with van der Waals surface area (Å²) in [6, 6.07) is 10.4. The Morgan fingerprint density at radius 1 is 1.04 bits per heavy atom. The van der Waals surface area contributed by atoms with Crippen molar-refractivity contribution in [3.05, 3.63) is 36.0 Å². The Labute approximate surface area is 166 Å². The van der Waals surface area contributed by atoms with Gasteiger partial charge in [0.05, 0.1) is 6.54 Å². The van der Waals surface area contributed by atoms with Crippen molar-refractivity contribution in [1.29, 1.82) is 0 Å². The van der Waals surface area contributed by atoms with E-state index >= 15 is 0 Å². The molecule has 1 atom stereocenters. The van der Waals surface area contributed by atoms with Gasteiger partial charge in [-0.3, -0.25) is 14.5 Å². The molecule has 0 saturated carbocycles. The molecule has 6 nitrogen and oxygen atoms in total. The second-order valence-electron chi connectivity index (χ2n) is 8.15. The molecule has 2 aromatic rings. The molecule has 1 aromatic heterocycles. The van der Waals surface area contributed by atoms with Gasteiger partial charge >= 0.3 is 0 Å². The second kappa shape index (κ2) is 7.95. The molecule has 3 heterocycles. The van der Waals surface area contributed by atoms with E-state index in [4.69, 9.17) is 0 Å². The van der Waals surface area contributed by atoms with Crippen LogP contribution in [0.25, 0.3) is 10.9 Å². The standard InChI is InChI=1S/C22H30N4O2/c1-17-7-5-6-10-26(17)21(27)16-24-11-13-25(14-12-24)22(28)20-15-18-8-3-4-9-19(18)23(20)2/h3-4,8-9,15,17H,5-7,10-14,16H2,1-2H3/t17-/m0/s1. The number of nitrogens with zero attached hydrogens (tertiary/aromatic N) is 4. The van der Waals surface area contributed by atoms with E-state index in [9.17, 15) is 9.59 Å². The quantitative estimate of drug-likeness (QED) is 0.819. The molecule has 0 aliphatic carbocycles. The molecule has 2 fully saturated rings. The molecule has 28 heavy (non-hydrogen) atoms. The van der Waals surface area contributed by atoms with Gasteiger partial charge in [-0.1, -0.05) is 18.2 Å². The van der Waals surface area contributed by atoms with E-state index < -0.39 is 0 Å². The summed E-state index contributed by atoms with van der Waals surface area (Å²) in [7, 11) is 1.95. The first kappa shape index (κ1) is 19.0. The van der Waals surface area contributed by atoms with Crippen LogP contribution < -0.4 is 0 Å². The summed E-state index contributed by atoms with van der Waals surface area (Å²) >= 11 is 0. The van der Waals surface area contributed by atoms with Crippen LogP contribution in [0, 0.1) is 0 Å². The zero-order valence-electron chi connectivity index (χ0n) is 16.9. The van der Waals surface area contributed by atoms with Crippen LogP contribution in [0.4, 0.5) is 0 Å². The highest BCUT2D eigenvalue weighted by atomic mass is 16.2. The van der Waals surface area contributed by atoms with Gasteiger partial charge in [-0.05, 0) is 38.3 Å². The summed E-state index contributed by atoms with van der Waals surface area (Å²) in [6.45, 7) is 6.36. The Bertz CT molecular complexity index is 867. The van der Waals surface area contributed by atoms with Crippen LogP contribution in [0.1, 0.15) is 36.7 Å². The fourth-order valence-electron chi connectivity index (χ4n) is 4.52. The van der Waals surface area contributed by atoms with Crippen molar-refractivity contribution < 1.29 is 9.59 Å². The van der Waals surface area contributed by atoms with E-state index in [0.29, 0.717) is 25.7 Å². The van der Waals surface area contributed by atoms with Gasteiger partial charge in [-0.2, -0.15) is 0 Å². The molecule has 4 rings (SSSR count). The topological polar surface area (TPSA) is 48.8 Å². The van der Waals surface area contributed by atoms with Crippen LogP contribution in [0.5, 0.6) is 0 Å². The smallest absolute Gasteiger partial charge is 0.270 e. The average molecular weight is 383 g/mol. The molecular formula is C22H30N4O2. The highest BCUT2D eigenvalue weighted by molar-refractivity contribution is 5.98. The molecule has 0 bridgehead atoms. The number of aryl methyl sites for hydroxylation is 1. The summed E-state index contributed by atoms with van der Waals surface area (Å²) in [6.07, 6.45) is 3.45. The minimum absolute atomic E-state index is 0.0781. The predicted octanol–water partition coefficient (Wildman–Crippen LogP) is 2.34. The van der Waals surface area contributed by atoms with E-state index in [-0.39, 0.29) is 11.8 Å². The van der Waals surface area contributed by atoms with Crippen LogP contribution in [0.2, 0.25) is 0 Å². The second-order valence-corrected chi connectivity index (χ2v) is 8.15. The van der Waals surface area contributed by atoms with Crippen LogP contribution >= 0.6 is 0 Å². The number of piperazine rings is 1. The summed E-state index contributed by atoms with van der Waals surface area (Å²) < 4.78 is 1.98. The highest BCUT2D eigenvalue weighted by Gasteiger charge is 2.28. The maximum absolute atomic E-state index is 13.0. The zero-order valence-corrected chi connectivity index (χ0v) is 16.9. The van der Waals surface area contributed by atoms with Crippen LogP contribution in [0.15, 0.2) is 30.3 Å². The number of fused-ring (bicyclic) bond motifs is 1. The van der Waals surface area contributed by atoms with Gasteiger partial charge in [0.25, 0.3) is 5.91 Å². The number of likely N-dealkylation sites (tertiary alicyclic amines) is 1. The number of piperidine rings is 1. The summed E-state index contributed by atoms with van der Waals surface area (Å²) in [5, 5.41) is 1.09. The Morgan fingerprint density at radius 3 is 2.50 bits per heavy atom. The highest BCUT2D eigenvalue weighted by Crippen LogP contribution is 2.21. The first-order valence-electron chi connectivity index (χ1n) is 10.4. The fourth-order valence-corrected chi connectivity index (χ4v) is 4.52. The third kappa shape index (κ3) is 3.65. The van der Waals surface area contributed by atoms with Gasteiger partial charge in [-0.15, -0.1) is 0 Å². The Kier molecular flexibility index (Phi) is 5.40. The van der Waals surface area contributed by atoms with E-state index in [2.05, 4.69) is 11.8 Å². The lowest BCUT2D eigenvalue weighted by Gasteiger charge is -2.38. The molecule has 2 amide bonds. The molecule has 1 aromatic carbocycles. The normalized spacial score (nSPS) is 21.3. The minimum atomic E-state index is 0.0781. The molecule has 0 unspecified atom stereocenters. The minimum Gasteiger partial charge on any atom is -0.340 e. The van der Waals surface area contributed by atoms with Crippen molar-refractivity contribution in [2.24, 2.45) is 7.05 Å². The summed E-state index contributed by atoms with van der Waals surface area (Å²) in [4.78, 5) is 31.8. The summed E-state index contributed by atoms with van der Waals surface area (Å²) in [5.74, 6) is 0.315. The number of amides is 2. The van der Waals surface area contributed by atoms with Crippen molar-refractivity contribution in [2.75, 3.05) is 39.3 Å². The SMILES string of the molecule is C[C@H]1CCCCN1C(=O)CN1CCN(C(=O)c2cc3ccccc3n2C)CC1. The number of aromatic nitrogens is 1. The largest absolute Gasteiger partial charge is 0.340 e. The van der Waals surface area contributed by atoms with Gasteiger partial charge in [0, 0.05) is 56.7 Å². The fraction of sp³-hybridized carbons (Fsp3) is 0.545. The number of hydrogen-bond donors (Lipinski definition) is 0. The third-order valence-electron chi connectivity index (χ3n) is 6.31. The van der Waals surface area contributed by atoms with Crippen molar-refractivity contribution >= 4 is 22.7 Å². The number of benzene rings is 1. The molecule has 2 saturated heterocycles. The lowest BCUT2D eigenvalue weighted by atomic mass is 10.0. The first-order chi connectivity index (χ1) is 13.5. The predicted molar refractivity (Wildman–Crippen MR) is 110 cm³/mol. The van der Waals surface area contributed by atoms with Gasteiger partial charge in [0.1, 0.15) is 5.69 Å². The van der Waals surface area contributed by atoms with Gasteiger partial charge in [0.15, 0.2) is 0 Å². The molecule has 0 spiro atoms. The number of rotatable bonds is 3. The number of carbonyl (C=O) groups is 2. The van der Waals surface area contributed by atoms with E-state index in [1.807, 2.05) is 51.7 Å². The molecule has 6 heteroatoms. The van der Waals surface area contributed by atoms with Gasteiger partial charge in [-0.25, -0.2) is 0 Å². The molecule has 2 aliphatic rings. The van der Waals surface area contributed by atoms with Crippen LogP contribution in [0.3, 0.4) is 0 Å². The molecule has 150 valence electrons. The van der Waals surface area contributed by atoms with Crippen molar-refractivity contribution in [1.82, 2.24) is 19.3 Å². The summed E-state index contributed by atoms with van der Waals surface area (Å²) in [5.41, 5.74) is 1.80. The molecular weight excluding hydrogens is 352 g/mol. The van der Waals surface area contributed by atoms with E-state index in [1.165, 1.54) is 6.42 Å². The van der Waals surface area contributed by atoms with E-state index in [1.54, 1.807) is 0 Å². The third-order valence-corrected chi connectivity index (χ3v) is 6.31. The lowest BCUT2D eigenvalue weighted by Crippen LogP contribution is -2.53. The Morgan fingerprint density at radius 2 is 1.79 bits per heavy atom. The molecule has 2 aliphatic heterocycles. The average Bonchev–Trinajstić information content (AvgIpc) is 3.05. The van der Waals surface area contributed by atoms with Crippen molar-refractivity contribution in [2.45, 2.75) is 32.2 Å².